The largest absolute Gasteiger partial charge is 0.481 e. The van der Waals surface area contributed by atoms with Crippen molar-refractivity contribution >= 4 is 17.5 Å². The van der Waals surface area contributed by atoms with Crippen LogP contribution >= 0.6 is 0 Å². The molecule has 0 aliphatic rings. The van der Waals surface area contributed by atoms with E-state index in [9.17, 15) is 14.4 Å². The summed E-state index contributed by atoms with van der Waals surface area (Å²) in [7, 11) is 0. The van der Waals surface area contributed by atoms with Crippen molar-refractivity contribution in [3.8, 4) is 0 Å². The van der Waals surface area contributed by atoms with Crippen molar-refractivity contribution in [3.63, 3.8) is 0 Å². The monoisotopic (exact) mass is 420 g/mol. The number of carboxylic acids is 1. The molecule has 0 fully saturated rings. The molecule has 0 saturated heterocycles. The highest BCUT2D eigenvalue weighted by Crippen LogP contribution is 2.34. The summed E-state index contributed by atoms with van der Waals surface area (Å²) in [6.07, 6.45) is 10.4. The molecule has 170 valence electrons. The Labute approximate surface area is 181 Å². The average Bonchev–Trinajstić information content (AvgIpc) is 3.20. The molecule has 1 atom stereocenters. The maximum Gasteiger partial charge on any atom is 0.303 e. The van der Waals surface area contributed by atoms with Gasteiger partial charge in [0.2, 0.25) is 0 Å². The van der Waals surface area contributed by atoms with Crippen LogP contribution < -0.4 is 0 Å². The molecule has 1 aromatic heterocycles. The Kier molecular flexibility index (Phi) is 12.3. The second-order valence-corrected chi connectivity index (χ2v) is 8.57. The van der Waals surface area contributed by atoms with Gasteiger partial charge >= 0.3 is 5.97 Å². The third kappa shape index (κ3) is 9.27. The molecule has 0 aliphatic carbocycles. The van der Waals surface area contributed by atoms with Gasteiger partial charge in [0.15, 0.2) is 0 Å². The molecular formula is C25H40O5. The molecule has 0 aromatic carbocycles. The molecule has 5 heteroatoms. The molecule has 1 aromatic rings. The minimum atomic E-state index is -1.01. The van der Waals surface area contributed by atoms with E-state index in [0.717, 1.165) is 50.7 Å². The van der Waals surface area contributed by atoms with Gasteiger partial charge < -0.3 is 9.52 Å². The Morgan fingerprint density at radius 2 is 1.53 bits per heavy atom. The van der Waals surface area contributed by atoms with Gasteiger partial charge in [-0.3, -0.25) is 14.4 Å². The van der Waals surface area contributed by atoms with Gasteiger partial charge in [-0.2, -0.15) is 0 Å². The van der Waals surface area contributed by atoms with Crippen LogP contribution in [0.3, 0.4) is 0 Å². The van der Waals surface area contributed by atoms with Crippen molar-refractivity contribution < 1.29 is 23.9 Å². The summed E-state index contributed by atoms with van der Waals surface area (Å²) in [5.74, 6) is 0.415. The highest BCUT2D eigenvalue weighted by atomic mass is 16.4. The van der Waals surface area contributed by atoms with Gasteiger partial charge in [0.05, 0.1) is 5.41 Å². The Balaban J connectivity index is 2.74. The van der Waals surface area contributed by atoms with E-state index in [-0.39, 0.29) is 37.2 Å². The van der Waals surface area contributed by atoms with Crippen molar-refractivity contribution in [2.24, 2.45) is 0 Å². The summed E-state index contributed by atoms with van der Waals surface area (Å²) in [6, 6.07) is 3.70. The first-order valence-corrected chi connectivity index (χ1v) is 11.7. The zero-order valence-corrected chi connectivity index (χ0v) is 19.1. The Hall–Kier alpha value is -1.91. The number of aryl methyl sites for hydroxylation is 1. The molecule has 5 nitrogen and oxygen atoms in total. The summed E-state index contributed by atoms with van der Waals surface area (Å²) < 4.78 is 5.98. The van der Waals surface area contributed by atoms with Crippen LogP contribution in [-0.4, -0.2) is 22.6 Å². The van der Waals surface area contributed by atoms with Crippen LogP contribution in [0.5, 0.6) is 0 Å². The molecule has 1 N–H and O–H groups in total. The van der Waals surface area contributed by atoms with Gasteiger partial charge in [-0.25, -0.2) is 0 Å². The fourth-order valence-corrected chi connectivity index (χ4v) is 3.69. The standard InChI is InChI=1S/C25H40O5/c1-4-6-8-10-12-20(26)14-16-22(27)25(3,19-18-24(28)29)23-17-15-21(30-23)13-11-9-7-5-2/h15,17H,4-14,16,18-19H2,1-3H3,(H,28,29). The molecule has 0 radical (unpaired) electrons. The minimum Gasteiger partial charge on any atom is -0.481 e. The summed E-state index contributed by atoms with van der Waals surface area (Å²) in [5.41, 5.74) is -1.01. The summed E-state index contributed by atoms with van der Waals surface area (Å²) in [6.45, 7) is 6.05. The van der Waals surface area contributed by atoms with Crippen LogP contribution in [0.25, 0.3) is 0 Å². The number of furan rings is 1. The molecule has 0 saturated carbocycles. The number of unbranched alkanes of at least 4 members (excludes halogenated alkanes) is 6. The molecular weight excluding hydrogens is 380 g/mol. The SMILES string of the molecule is CCCCCCC(=O)CCC(=O)C(C)(CCC(=O)O)c1ccc(CCCCCC)o1. The van der Waals surface area contributed by atoms with Gasteiger partial charge in [0.1, 0.15) is 23.1 Å². The third-order valence-corrected chi connectivity index (χ3v) is 5.88. The minimum absolute atomic E-state index is 0.107. The molecule has 1 unspecified atom stereocenters. The van der Waals surface area contributed by atoms with Crippen molar-refractivity contribution in [3.05, 3.63) is 23.7 Å². The first kappa shape index (κ1) is 26.1. The van der Waals surface area contributed by atoms with Gasteiger partial charge in [0.25, 0.3) is 0 Å². The first-order valence-electron chi connectivity index (χ1n) is 11.7. The normalized spacial score (nSPS) is 13.2. The van der Waals surface area contributed by atoms with Crippen LogP contribution in [0.15, 0.2) is 16.5 Å². The van der Waals surface area contributed by atoms with Crippen molar-refractivity contribution in [1.82, 2.24) is 0 Å². The number of hydrogen-bond donors (Lipinski definition) is 1. The summed E-state index contributed by atoms with van der Waals surface area (Å²) in [4.78, 5) is 36.4. The van der Waals surface area contributed by atoms with E-state index in [2.05, 4.69) is 13.8 Å². The van der Waals surface area contributed by atoms with E-state index in [1.54, 1.807) is 6.92 Å². The summed E-state index contributed by atoms with van der Waals surface area (Å²) in [5, 5.41) is 9.14. The number of carboxylic acid groups (broad SMARTS) is 1. The highest BCUT2D eigenvalue weighted by Gasteiger charge is 2.38. The summed E-state index contributed by atoms with van der Waals surface area (Å²) >= 11 is 0. The zero-order chi connectivity index (χ0) is 22.4. The van der Waals surface area contributed by atoms with Crippen LogP contribution in [0.2, 0.25) is 0 Å². The fraction of sp³-hybridized carbons (Fsp3) is 0.720. The molecule has 30 heavy (non-hydrogen) atoms. The number of carbonyl (C=O) groups excluding carboxylic acids is 2. The van der Waals surface area contributed by atoms with Gasteiger partial charge in [0, 0.05) is 32.1 Å². The van der Waals surface area contributed by atoms with E-state index in [4.69, 9.17) is 9.52 Å². The number of aliphatic carboxylic acids is 1. The van der Waals surface area contributed by atoms with Crippen molar-refractivity contribution in [2.45, 2.75) is 116 Å². The Morgan fingerprint density at radius 1 is 0.867 bits per heavy atom. The Morgan fingerprint density at radius 3 is 2.17 bits per heavy atom. The van der Waals surface area contributed by atoms with E-state index < -0.39 is 11.4 Å². The average molecular weight is 421 g/mol. The quantitative estimate of drug-likeness (QED) is 0.277. The lowest BCUT2D eigenvalue weighted by molar-refractivity contribution is -0.138. The fourth-order valence-electron chi connectivity index (χ4n) is 3.69. The van der Waals surface area contributed by atoms with E-state index in [1.165, 1.54) is 12.8 Å². The zero-order valence-electron chi connectivity index (χ0n) is 19.1. The second kappa shape index (κ2) is 14.2. The number of carbonyl (C=O) groups is 3. The first-order chi connectivity index (χ1) is 14.3. The maximum absolute atomic E-state index is 13.1. The predicted octanol–water partition coefficient (Wildman–Crippen LogP) is 6.41. The molecule has 0 aliphatic heterocycles. The van der Waals surface area contributed by atoms with Gasteiger partial charge in [-0.1, -0.05) is 52.4 Å². The molecule has 0 spiro atoms. The smallest absolute Gasteiger partial charge is 0.303 e. The maximum atomic E-state index is 13.1. The van der Waals surface area contributed by atoms with Crippen LogP contribution in [0, 0.1) is 0 Å². The lowest BCUT2D eigenvalue weighted by Crippen LogP contribution is -2.33. The molecule has 1 heterocycles. The van der Waals surface area contributed by atoms with E-state index >= 15 is 0 Å². The van der Waals surface area contributed by atoms with Crippen LogP contribution in [0.1, 0.15) is 116 Å². The lowest BCUT2D eigenvalue weighted by atomic mass is 9.77. The number of Topliss-reactive ketones (excluding diaryl/α,β-unsaturated/α-hetero) is 2. The third-order valence-electron chi connectivity index (χ3n) is 5.88. The topological polar surface area (TPSA) is 84.6 Å². The number of hydrogen-bond acceptors (Lipinski definition) is 4. The predicted molar refractivity (Wildman–Crippen MR) is 119 cm³/mol. The molecule has 0 amide bonds. The Bertz CT molecular complexity index is 660. The highest BCUT2D eigenvalue weighted by molar-refractivity contribution is 5.92. The van der Waals surface area contributed by atoms with Crippen molar-refractivity contribution in [2.75, 3.05) is 0 Å². The van der Waals surface area contributed by atoms with E-state index in [1.807, 2.05) is 12.1 Å². The lowest BCUT2D eigenvalue weighted by Gasteiger charge is -2.25. The molecule has 0 bridgehead atoms. The number of rotatable bonds is 18. The number of ketones is 2. The van der Waals surface area contributed by atoms with Crippen molar-refractivity contribution in [1.29, 1.82) is 0 Å². The van der Waals surface area contributed by atoms with E-state index in [0.29, 0.717) is 12.2 Å². The second-order valence-electron chi connectivity index (χ2n) is 8.57. The van der Waals surface area contributed by atoms with Crippen LogP contribution in [0.4, 0.5) is 0 Å². The van der Waals surface area contributed by atoms with Gasteiger partial charge in [-0.05, 0) is 38.3 Å². The van der Waals surface area contributed by atoms with Crippen LogP contribution in [-0.2, 0) is 26.2 Å². The van der Waals surface area contributed by atoms with Gasteiger partial charge in [-0.15, -0.1) is 0 Å². The molecule has 1 rings (SSSR count).